The van der Waals surface area contributed by atoms with Crippen LogP contribution in [0.1, 0.15) is 11.3 Å². The van der Waals surface area contributed by atoms with Crippen molar-refractivity contribution in [2.24, 2.45) is 0 Å². The first-order valence-corrected chi connectivity index (χ1v) is 8.94. The van der Waals surface area contributed by atoms with E-state index in [4.69, 9.17) is 15.6 Å². The molecule has 0 saturated carbocycles. The molecule has 1 aliphatic rings. The largest absolute Gasteiger partial charge is 0.467 e. The molecule has 1 aromatic carbocycles. The minimum absolute atomic E-state index is 0.0294. The van der Waals surface area contributed by atoms with Crippen molar-refractivity contribution in [2.45, 2.75) is 12.7 Å². The van der Waals surface area contributed by atoms with Gasteiger partial charge in [0.1, 0.15) is 5.76 Å². The molecular formula is C20H20F3N3O3. The summed E-state index contributed by atoms with van der Waals surface area (Å²) >= 11 is 0. The summed E-state index contributed by atoms with van der Waals surface area (Å²) in [4.78, 5) is 15.9. The molecule has 154 valence electrons. The summed E-state index contributed by atoms with van der Waals surface area (Å²) in [5, 5.41) is 2.58. The molecule has 2 amide bonds. The minimum atomic E-state index is -4.53. The Morgan fingerprint density at radius 1 is 1.28 bits per heavy atom. The van der Waals surface area contributed by atoms with Gasteiger partial charge in [-0.3, -0.25) is 0 Å². The number of halogens is 3. The van der Waals surface area contributed by atoms with Crippen molar-refractivity contribution in [3.05, 3.63) is 47.9 Å². The van der Waals surface area contributed by atoms with E-state index in [0.29, 0.717) is 37.8 Å². The smallest absolute Gasteiger partial charge is 0.416 e. The highest BCUT2D eigenvalue weighted by atomic mass is 19.4. The van der Waals surface area contributed by atoms with Gasteiger partial charge in [-0.05, 0) is 30.3 Å². The van der Waals surface area contributed by atoms with Gasteiger partial charge in [0.05, 0.1) is 49.5 Å². The molecule has 2 aromatic rings. The molecule has 9 heteroatoms. The average Bonchev–Trinajstić information content (AvgIpc) is 3.21. The quantitative estimate of drug-likeness (QED) is 0.766. The number of furan rings is 1. The van der Waals surface area contributed by atoms with Crippen molar-refractivity contribution in [3.63, 3.8) is 0 Å². The number of urea groups is 1. The molecular weight excluding hydrogens is 387 g/mol. The molecule has 0 unspecified atom stereocenters. The van der Waals surface area contributed by atoms with E-state index < -0.39 is 17.8 Å². The SMILES string of the molecule is C#CCN(Cc1ccco1)C(=O)Nc1cc(C(F)(F)F)ccc1N1CCOCC1. The van der Waals surface area contributed by atoms with E-state index in [1.165, 1.54) is 17.2 Å². The van der Waals surface area contributed by atoms with E-state index in [1.54, 1.807) is 12.1 Å². The normalized spacial score (nSPS) is 14.3. The van der Waals surface area contributed by atoms with Crippen molar-refractivity contribution < 1.29 is 27.1 Å². The average molecular weight is 407 g/mol. The Bertz CT molecular complexity index is 869. The van der Waals surface area contributed by atoms with E-state index in [2.05, 4.69) is 11.2 Å². The molecule has 3 rings (SSSR count). The Morgan fingerprint density at radius 2 is 2.03 bits per heavy atom. The second kappa shape index (κ2) is 8.92. The lowest BCUT2D eigenvalue weighted by Crippen LogP contribution is -2.38. The van der Waals surface area contributed by atoms with Gasteiger partial charge in [-0.25, -0.2) is 4.79 Å². The Hall–Kier alpha value is -3.12. The number of ether oxygens (including phenoxy) is 1. The van der Waals surface area contributed by atoms with Gasteiger partial charge in [-0.1, -0.05) is 5.92 Å². The fourth-order valence-corrected chi connectivity index (χ4v) is 2.99. The molecule has 1 aliphatic heterocycles. The monoisotopic (exact) mass is 407 g/mol. The fourth-order valence-electron chi connectivity index (χ4n) is 2.99. The van der Waals surface area contributed by atoms with Gasteiger partial charge in [0.25, 0.3) is 0 Å². The highest BCUT2D eigenvalue weighted by Gasteiger charge is 2.32. The standard InChI is InChI=1S/C20H20F3N3O3/c1-2-7-26(14-16-4-3-10-29-16)19(27)24-17-13-15(20(21,22)23)5-6-18(17)25-8-11-28-12-9-25/h1,3-6,10,13H,7-9,11-12,14H2,(H,24,27). The summed E-state index contributed by atoms with van der Waals surface area (Å²) in [6.07, 6.45) is 2.28. The number of hydrogen-bond donors (Lipinski definition) is 1. The van der Waals surface area contributed by atoms with Crippen LogP contribution in [0.3, 0.4) is 0 Å². The van der Waals surface area contributed by atoms with Gasteiger partial charge < -0.3 is 24.3 Å². The first-order valence-electron chi connectivity index (χ1n) is 8.94. The lowest BCUT2D eigenvalue weighted by molar-refractivity contribution is -0.137. The number of terminal acetylenes is 1. The van der Waals surface area contributed by atoms with E-state index in [0.717, 1.165) is 12.1 Å². The van der Waals surface area contributed by atoms with E-state index in [9.17, 15) is 18.0 Å². The van der Waals surface area contributed by atoms with Gasteiger partial charge in [0, 0.05) is 13.1 Å². The van der Waals surface area contributed by atoms with Crippen LogP contribution in [0.5, 0.6) is 0 Å². The number of amides is 2. The van der Waals surface area contributed by atoms with Gasteiger partial charge in [-0.15, -0.1) is 6.42 Å². The molecule has 0 radical (unpaired) electrons. The number of hydrogen-bond acceptors (Lipinski definition) is 4. The third-order valence-electron chi connectivity index (χ3n) is 4.41. The number of morpholine rings is 1. The van der Waals surface area contributed by atoms with Crippen LogP contribution >= 0.6 is 0 Å². The zero-order valence-corrected chi connectivity index (χ0v) is 15.5. The van der Waals surface area contributed by atoms with Crippen molar-refractivity contribution in [1.29, 1.82) is 0 Å². The van der Waals surface area contributed by atoms with Crippen LogP contribution in [-0.2, 0) is 17.5 Å². The highest BCUT2D eigenvalue weighted by molar-refractivity contribution is 5.93. The van der Waals surface area contributed by atoms with Crippen LogP contribution in [0.2, 0.25) is 0 Å². The predicted octanol–water partition coefficient (Wildman–Crippen LogP) is 3.80. The first kappa shape index (κ1) is 20.6. The Morgan fingerprint density at radius 3 is 2.66 bits per heavy atom. The van der Waals surface area contributed by atoms with Crippen LogP contribution in [0, 0.1) is 12.3 Å². The number of carbonyl (C=O) groups is 1. The molecule has 1 saturated heterocycles. The number of benzene rings is 1. The Labute approximate surface area is 166 Å². The number of anilines is 2. The van der Waals surface area contributed by atoms with Crippen molar-refractivity contribution in [1.82, 2.24) is 4.90 Å². The number of nitrogens with one attached hydrogen (secondary N) is 1. The molecule has 1 N–H and O–H groups in total. The molecule has 1 aromatic heterocycles. The van der Waals surface area contributed by atoms with Gasteiger partial charge >= 0.3 is 12.2 Å². The lowest BCUT2D eigenvalue weighted by Gasteiger charge is -2.31. The molecule has 2 heterocycles. The van der Waals surface area contributed by atoms with Crippen molar-refractivity contribution >= 4 is 17.4 Å². The summed E-state index contributed by atoms with van der Waals surface area (Å²) in [7, 11) is 0. The number of nitrogens with zero attached hydrogens (tertiary/aromatic N) is 2. The van der Waals surface area contributed by atoms with Crippen LogP contribution in [0.4, 0.5) is 29.3 Å². The summed E-state index contributed by atoms with van der Waals surface area (Å²) in [5.74, 6) is 2.88. The highest BCUT2D eigenvalue weighted by Crippen LogP contribution is 2.36. The Kier molecular flexibility index (Phi) is 6.34. The summed E-state index contributed by atoms with van der Waals surface area (Å²) in [5.41, 5.74) is -0.291. The summed E-state index contributed by atoms with van der Waals surface area (Å²) in [6.45, 7) is 1.99. The predicted molar refractivity (Wildman–Crippen MR) is 101 cm³/mol. The second-order valence-electron chi connectivity index (χ2n) is 6.40. The third kappa shape index (κ3) is 5.23. The van der Waals surface area contributed by atoms with Crippen LogP contribution in [0.15, 0.2) is 41.0 Å². The zero-order chi connectivity index (χ0) is 20.9. The molecule has 0 aliphatic carbocycles. The molecule has 0 spiro atoms. The molecule has 0 bridgehead atoms. The van der Waals surface area contributed by atoms with Gasteiger partial charge in [0.2, 0.25) is 0 Å². The van der Waals surface area contributed by atoms with Crippen LogP contribution in [0.25, 0.3) is 0 Å². The summed E-state index contributed by atoms with van der Waals surface area (Å²) in [6, 6.07) is 6.03. The molecule has 29 heavy (non-hydrogen) atoms. The zero-order valence-electron chi connectivity index (χ0n) is 15.5. The number of alkyl halides is 3. The third-order valence-corrected chi connectivity index (χ3v) is 4.41. The minimum Gasteiger partial charge on any atom is -0.467 e. The van der Waals surface area contributed by atoms with E-state index in [-0.39, 0.29) is 18.8 Å². The van der Waals surface area contributed by atoms with Gasteiger partial charge in [-0.2, -0.15) is 13.2 Å². The van der Waals surface area contributed by atoms with Crippen molar-refractivity contribution in [3.8, 4) is 12.3 Å². The first-order chi connectivity index (χ1) is 13.9. The maximum absolute atomic E-state index is 13.2. The maximum atomic E-state index is 13.2. The fraction of sp³-hybridized carbons (Fsp3) is 0.350. The summed E-state index contributed by atoms with van der Waals surface area (Å²) < 4.78 is 50.2. The van der Waals surface area contributed by atoms with E-state index in [1.807, 2.05) is 4.90 Å². The molecule has 6 nitrogen and oxygen atoms in total. The molecule has 0 atom stereocenters. The lowest BCUT2D eigenvalue weighted by atomic mass is 10.1. The topological polar surface area (TPSA) is 58.0 Å². The van der Waals surface area contributed by atoms with Gasteiger partial charge in [0.15, 0.2) is 0 Å². The molecule has 1 fully saturated rings. The maximum Gasteiger partial charge on any atom is 0.416 e. The second-order valence-corrected chi connectivity index (χ2v) is 6.40. The van der Waals surface area contributed by atoms with Crippen LogP contribution < -0.4 is 10.2 Å². The number of carbonyl (C=O) groups excluding carboxylic acids is 1. The number of rotatable bonds is 5. The van der Waals surface area contributed by atoms with E-state index >= 15 is 0 Å². The Balaban J connectivity index is 1.87. The van der Waals surface area contributed by atoms with Crippen molar-refractivity contribution in [2.75, 3.05) is 43.1 Å². The van der Waals surface area contributed by atoms with Crippen LogP contribution in [-0.4, -0.2) is 43.8 Å².